The first-order chi connectivity index (χ1) is 11.0. The third-order valence-electron chi connectivity index (χ3n) is 3.14. The van der Waals surface area contributed by atoms with Crippen molar-refractivity contribution >= 4 is 34.8 Å². The molecule has 2 N–H and O–H groups in total. The number of amides is 2. The molecule has 0 fully saturated rings. The zero-order chi connectivity index (χ0) is 16.8. The van der Waals surface area contributed by atoms with Gasteiger partial charge in [-0.1, -0.05) is 12.1 Å². The van der Waals surface area contributed by atoms with E-state index in [1.807, 2.05) is 0 Å². The fraction of sp³-hybridized carbons (Fsp3) is 0.176. The summed E-state index contributed by atoms with van der Waals surface area (Å²) in [5, 5.41) is 4.73. The summed E-state index contributed by atoms with van der Waals surface area (Å²) in [6, 6.07) is 13.7. The molecule has 0 aliphatic rings. The SMILES string of the molecule is COc1ccc(NC(=O)c2ccccc2NC(=O)[C@H](C)Cl)cc1. The second-order valence-corrected chi connectivity index (χ2v) is 5.49. The Labute approximate surface area is 139 Å². The molecule has 0 spiro atoms. The molecule has 23 heavy (non-hydrogen) atoms. The minimum absolute atomic E-state index is 0.326. The van der Waals surface area contributed by atoms with Crippen LogP contribution in [0.5, 0.6) is 5.75 Å². The number of methoxy groups -OCH3 is 1. The normalized spacial score (nSPS) is 11.4. The number of nitrogens with one attached hydrogen (secondary N) is 2. The maximum absolute atomic E-state index is 12.4. The van der Waals surface area contributed by atoms with Crippen LogP contribution in [0.1, 0.15) is 17.3 Å². The van der Waals surface area contributed by atoms with Crippen LogP contribution >= 0.6 is 11.6 Å². The van der Waals surface area contributed by atoms with Gasteiger partial charge in [-0.15, -0.1) is 11.6 Å². The summed E-state index contributed by atoms with van der Waals surface area (Å²) >= 11 is 5.74. The lowest BCUT2D eigenvalue weighted by Gasteiger charge is -2.12. The molecule has 2 aromatic carbocycles. The zero-order valence-electron chi connectivity index (χ0n) is 12.8. The molecule has 0 bridgehead atoms. The summed E-state index contributed by atoms with van der Waals surface area (Å²) in [7, 11) is 1.57. The van der Waals surface area contributed by atoms with E-state index in [1.165, 1.54) is 0 Å². The van der Waals surface area contributed by atoms with Crippen LogP contribution in [0, 0.1) is 0 Å². The van der Waals surface area contributed by atoms with Gasteiger partial charge in [0.25, 0.3) is 5.91 Å². The van der Waals surface area contributed by atoms with Crippen LogP contribution in [0.4, 0.5) is 11.4 Å². The maximum Gasteiger partial charge on any atom is 0.257 e. The van der Waals surface area contributed by atoms with E-state index < -0.39 is 5.38 Å². The van der Waals surface area contributed by atoms with Gasteiger partial charge in [-0.2, -0.15) is 0 Å². The highest BCUT2D eigenvalue weighted by atomic mass is 35.5. The van der Waals surface area contributed by atoms with Crippen molar-refractivity contribution in [3.05, 3.63) is 54.1 Å². The standard InChI is InChI=1S/C17H17ClN2O3/c1-11(18)16(21)20-15-6-4-3-5-14(15)17(22)19-12-7-9-13(23-2)10-8-12/h3-11H,1-2H3,(H,19,22)(H,20,21)/t11-/m0/s1. The van der Waals surface area contributed by atoms with E-state index in [9.17, 15) is 9.59 Å². The van der Waals surface area contributed by atoms with Crippen molar-refractivity contribution in [2.75, 3.05) is 17.7 Å². The predicted octanol–water partition coefficient (Wildman–Crippen LogP) is 3.51. The summed E-state index contributed by atoms with van der Waals surface area (Å²) in [6.45, 7) is 1.57. The molecule has 0 aromatic heterocycles. The topological polar surface area (TPSA) is 67.4 Å². The van der Waals surface area contributed by atoms with Crippen molar-refractivity contribution in [2.24, 2.45) is 0 Å². The summed E-state index contributed by atoms with van der Waals surface area (Å²) in [5.74, 6) is 0.0106. The van der Waals surface area contributed by atoms with Crippen molar-refractivity contribution in [1.29, 1.82) is 0 Å². The number of benzene rings is 2. The number of hydrogen-bond donors (Lipinski definition) is 2. The fourth-order valence-electron chi connectivity index (χ4n) is 1.90. The Kier molecular flexibility index (Phi) is 5.60. The number of hydrogen-bond acceptors (Lipinski definition) is 3. The lowest BCUT2D eigenvalue weighted by Crippen LogP contribution is -2.23. The molecule has 0 saturated carbocycles. The molecular formula is C17H17ClN2O3. The van der Waals surface area contributed by atoms with E-state index in [4.69, 9.17) is 16.3 Å². The average Bonchev–Trinajstić information content (AvgIpc) is 2.55. The Morgan fingerprint density at radius 2 is 1.70 bits per heavy atom. The second-order valence-electron chi connectivity index (χ2n) is 4.83. The Bertz CT molecular complexity index is 699. The molecule has 0 aliphatic carbocycles. The van der Waals surface area contributed by atoms with Crippen LogP contribution in [0.25, 0.3) is 0 Å². The molecule has 1 atom stereocenters. The number of rotatable bonds is 5. The van der Waals surface area contributed by atoms with Gasteiger partial charge in [-0.05, 0) is 43.3 Å². The molecule has 5 nitrogen and oxygen atoms in total. The number of carbonyl (C=O) groups excluding carboxylic acids is 2. The smallest absolute Gasteiger partial charge is 0.257 e. The fourth-order valence-corrected chi connectivity index (χ4v) is 1.95. The second kappa shape index (κ2) is 7.65. The maximum atomic E-state index is 12.4. The largest absolute Gasteiger partial charge is 0.497 e. The van der Waals surface area contributed by atoms with Gasteiger partial charge < -0.3 is 15.4 Å². The molecule has 0 unspecified atom stereocenters. The van der Waals surface area contributed by atoms with Crippen molar-refractivity contribution in [3.63, 3.8) is 0 Å². The molecular weight excluding hydrogens is 316 g/mol. The van der Waals surface area contributed by atoms with E-state index in [1.54, 1.807) is 62.6 Å². The number of ether oxygens (including phenoxy) is 1. The van der Waals surface area contributed by atoms with Crippen LogP contribution in [-0.2, 0) is 4.79 Å². The first kappa shape index (κ1) is 16.8. The van der Waals surface area contributed by atoms with Gasteiger partial charge >= 0.3 is 0 Å². The van der Waals surface area contributed by atoms with Gasteiger partial charge in [0.2, 0.25) is 5.91 Å². The highest BCUT2D eigenvalue weighted by Gasteiger charge is 2.15. The molecule has 0 saturated heterocycles. The van der Waals surface area contributed by atoms with E-state index in [0.29, 0.717) is 22.7 Å². The van der Waals surface area contributed by atoms with Gasteiger partial charge in [0.05, 0.1) is 18.4 Å². The van der Waals surface area contributed by atoms with E-state index in [0.717, 1.165) is 0 Å². The summed E-state index contributed by atoms with van der Waals surface area (Å²) in [6.07, 6.45) is 0. The molecule has 0 heterocycles. The number of carbonyl (C=O) groups is 2. The molecule has 2 rings (SSSR count). The van der Waals surface area contributed by atoms with Gasteiger partial charge in [0, 0.05) is 5.69 Å². The minimum Gasteiger partial charge on any atom is -0.497 e. The molecule has 0 radical (unpaired) electrons. The lowest BCUT2D eigenvalue weighted by molar-refractivity contribution is -0.115. The van der Waals surface area contributed by atoms with Crippen molar-refractivity contribution in [2.45, 2.75) is 12.3 Å². The first-order valence-electron chi connectivity index (χ1n) is 7.00. The minimum atomic E-state index is -0.687. The van der Waals surface area contributed by atoms with Gasteiger partial charge in [0.1, 0.15) is 11.1 Å². The number of halogens is 1. The van der Waals surface area contributed by atoms with Crippen LogP contribution in [0.15, 0.2) is 48.5 Å². The Balaban J connectivity index is 2.16. The highest BCUT2D eigenvalue weighted by Crippen LogP contribution is 2.20. The Hall–Kier alpha value is -2.53. The quantitative estimate of drug-likeness (QED) is 0.823. The highest BCUT2D eigenvalue weighted by molar-refractivity contribution is 6.32. The number of alkyl halides is 1. The number of para-hydroxylation sites is 1. The van der Waals surface area contributed by atoms with Crippen LogP contribution in [0.2, 0.25) is 0 Å². The Morgan fingerprint density at radius 3 is 2.30 bits per heavy atom. The summed E-state index contributed by atoms with van der Waals surface area (Å²) < 4.78 is 5.07. The van der Waals surface area contributed by atoms with Crippen molar-refractivity contribution in [3.8, 4) is 5.75 Å². The van der Waals surface area contributed by atoms with Gasteiger partial charge in [0.15, 0.2) is 0 Å². The van der Waals surface area contributed by atoms with Crippen molar-refractivity contribution in [1.82, 2.24) is 0 Å². The summed E-state index contributed by atoms with van der Waals surface area (Å²) in [5.41, 5.74) is 1.40. The monoisotopic (exact) mass is 332 g/mol. The van der Waals surface area contributed by atoms with Crippen LogP contribution < -0.4 is 15.4 Å². The molecule has 0 aliphatic heterocycles. The van der Waals surface area contributed by atoms with Crippen LogP contribution in [0.3, 0.4) is 0 Å². The van der Waals surface area contributed by atoms with E-state index in [-0.39, 0.29) is 11.8 Å². The zero-order valence-corrected chi connectivity index (χ0v) is 13.6. The van der Waals surface area contributed by atoms with Gasteiger partial charge in [-0.3, -0.25) is 9.59 Å². The van der Waals surface area contributed by atoms with E-state index in [2.05, 4.69) is 10.6 Å². The molecule has 2 aromatic rings. The lowest BCUT2D eigenvalue weighted by atomic mass is 10.1. The summed E-state index contributed by atoms with van der Waals surface area (Å²) in [4.78, 5) is 24.1. The van der Waals surface area contributed by atoms with Crippen molar-refractivity contribution < 1.29 is 14.3 Å². The first-order valence-corrected chi connectivity index (χ1v) is 7.44. The van der Waals surface area contributed by atoms with Crippen LogP contribution in [-0.4, -0.2) is 24.3 Å². The molecule has 2 amide bonds. The number of anilines is 2. The van der Waals surface area contributed by atoms with E-state index >= 15 is 0 Å². The molecule has 6 heteroatoms. The molecule has 120 valence electrons. The van der Waals surface area contributed by atoms with Gasteiger partial charge in [-0.25, -0.2) is 0 Å². The third-order valence-corrected chi connectivity index (χ3v) is 3.34. The predicted molar refractivity (Wildman–Crippen MR) is 91.3 cm³/mol. The third kappa shape index (κ3) is 4.47. The average molecular weight is 333 g/mol. The Morgan fingerprint density at radius 1 is 1.04 bits per heavy atom.